The van der Waals surface area contributed by atoms with Crippen molar-refractivity contribution in [3.8, 4) is 11.1 Å². The zero-order valence-corrected chi connectivity index (χ0v) is 18.2. The number of hydrogen-bond donors (Lipinski definition) is 0. The van der Waals surface area contributed by atoms with Crippen LogP contribution in [0.5, 0.6) is 0 Å². The normalized spacial score (nSPS) is 12.1. The van der Waals surface area contributed by atoms with Gasteiger partial charge in [0.2, 0.25) is 0 Å². The lowest BCUT2D eigenvalue weighted by Gasteiger charge is -2.16. The largest absolute Gasteiger partial charge is 0.361 e. The van der Waals surface area contributed by atoms with E-state index in [1.807, 2.05) is 12.4 Å². The Hall–Kier alpha value is -2.43. The minimum atomic E-state index is -1.09. The first-order valence-electron chi connectivity index (χ1n) is 9.94. The van der Waals surface area contributed by atoms with E-state index in [1.54, 1.807) is 0 Å². The molecule has 0 radical (unpaired) electrons. The first kappa shape index (κ1) is 18.9. The zero-order valence-electron chi connectivity index (χ0n) is 17.2. The summed E-state index contributed by atoms with van der Waals surface area (Å²) in [6, 6.07) is 18.4. The van der Waals surface area contributed by atoms with Gasteiger partial charge in [0.1, 0.15) is 6.73 Å². The topological polar surface area (TPSA) is 27.1 Å². The van der Waals surface area contributed by atoms with Gasteiger partial charge in [-0.1, -0.05) is 67.7 Å². The number of aryl methyl sites for hydroxylation is 1. The van der Waals surface area contributed by atoms with Crippen molar-refractivity contribution in [3.63, 3.8) is 0 Å². The molecule has 2 aromatic heterocycles. The van der Waals surface area contributed by atoms with Crippen LogP contribution in [-0.2, 0) is 11.5 Å². The van der Waals surface area contributed by atoms with Crippen molar-refractivity contribution in [2.75, 3.05) is 6.61 Å². The highest BCUT2D eigenvalue weighted by Gasteiger charge is 2.16. The minimum Gasteiger partial charge on any atom is -0.361 e. The Kier molecular flexibility index (Phi) is 5.09. The predicted octanol–water partition coefficient (Wildman–Crippen LogP) is 6.48. The second-order valence-corrected chi connectivity index (χ2v) is 14.4. The molecule has 0 unspecified atom stereocenters. The van der Waals surface area contributed by atoms with Crippen LogP contribution in [0.1, 0.15) is 5.56 Å². The summed E-state index contributed by atoms with van der Waals surface area (Å²) in [5, 5.41) is 2.51. The minimum absolute atomic E-state index is 0.563. The van der Waals surface area contributed by atoms with Crippen LogP contribution in [0.2, 0.25) is 25.7 Å². The Morgan fingerprint density at radius 1 is 0.964 bits per heavy atom. The average molecular weight is 389 g/mol. The molecule has 0 bridgehead atoms. The third-order valence-electron chi connectivity index (χ3n) is 5.23. The molecular weight excluding hydrogens is 360 g/mol. The first-order valence-corrected chi connectivity index (χ1v) is 13.6. The van der Waals surface area contributed by atoms with Crippen LogP contribution in [0.4, 0.5) is 0 Å². The van der Waals surface area contributed by atoms with Crippen LogP contribution in [0.3, 0.4) is 0 Å². The molecular formula is C24H28N2OSi. The molecule has 4 aromatic rings. The number of nitrogens with zero attached hydrogens (tertiary/aromatic N) is 2. The molecule has 4 rings (SSSR count). The number of para-hydroxylation sites is 1. The fourth-order valence-electron chi connectivity index (χ4n) is 3.69. The summed E-state index contributed by atoms with van der Waals surface area (Å²) >= 11 is 0. The number of aromatic nitrogens is 2. The van der Waals surface area contributed by atoms with Gasteiger partial charge in [0, 0.05) is 37.2 Å². The molecule has 0 atom stereocenters. The van der Waals surface area contributed by atoms with Crippen LogP contribution < -0.4 is 0 Å². The summed E-state index contributed by atoms with van der Waals surface area (Å²) in [6.45, 7) is 10.7. The molecule has 0 amide bonds. The van der Waals surface area contributed by atoms with E-state index < -0.39 is 8.07 Å². The average Bonchev–Trinajstić information content (AvgIpc) is 2.98. The Morgan fingerprint density at radius 3 is 2.57 bits per heavy atom. The van der Waals surface area contributed by atoms with E-state index in [9.17, 15) is 0 Å². The summed E-state index contributed by atoms with van der Waals surface area (Å²) in [4.78, 5) is 4.57. The van der Waals surface area contributed by atoms with Crippen LogP contribution >= 0.6 is 0 Å². The van der Waals surface area contributed by atoms with E-state index in [1.165, 1.54) is 39.0 Å². The molecule has 0 saturated heterocycles. The molecule has 0 aliphatic carbocycles. The van der Waals surface area contributed by atoms with Gasteiger partial charge in [-0.05, 0) is 24.6 Å². The predicted molar refractivity (Wildman–Crippen MR) is 122 cm³/mol. The van der Waals surface area contributed by atoms with E-state index in [0.717, 1.165) is 12.1 Å². The molecule has 144 valence electrons. The van der Waals surface area contributed by atoms with Gasteiger partial charge in [0.25, 0.3) is 0 Å². The lowest BCUT2D eigenvalue weighted by atomic mass is 10.0. The van der Waals surface area contributed by atoms with Crippen molar-refractivity contribution >= 4 is 29.9 Å². The molecule has 0 aliphatic heterocycles. The second-order valence-electron chi connectivity index (χ2n) is 8.74. The third kappa shape index (κ3) is 3.75. The maximum Gasteiger partial charge on any atom is 0.123 e. The fraction of sp³-hybridized carbons (Fsp3) is 0.292. The Morgan fingerprint density at radius 2 is 1.79 bits per heavy atom. The molecule has 0 saturated carbocycles. The number of rotatable bonds is 6. The molecule has 3 nitrogen and oxygen atoms in total. The molecule has 0 spiro atoms. The third-order valence-corrected chi connectivity index (χ3v) is 6.93. The van der Waals surface area contributed by atoms with Crippen LogP contribution in [0.25, 0.3) is 32.9 Å². The molecule has 0 aliphatic rings. The van der Waals surface area contributed by atoms with Crippen LogP contribution in [0.15, 0.2) is 60.9 Å². The number of ether oxygens (including phenoxy) is 1. The summed E-state index contributed by atoms with van der Waals surface area (Å²) < 4.78 is 8.37. The molecule has 2 aromatic carbocycles. The highest BCUT2D eigenvalue weighted by molar-refractivity contribution is 6.76. The molecule has 28 heavy (non-hydrogen) atoms. The van der Waals surface area contributed by atoms with Gasteiger partial charge in [-0.15, -0.1) is 0 Å². The van der Waals surface area contributed by atoms with Crippen molar-refractivity contribution in [2.45, 2.75) is 39.3 Å². The number of benzene rings is 2. The quantitative estimate of drug-likeness (QED) is 0.279. The standard InChI is InChI=1S/C24H28N2OSi/c1-18-8-7-9-19(14-18)21-15-25-16-23-24(21)20-10-5-6-11-22(20)26(23)17-27-12-13-28(2,3)4/h5-11,14-16H,12-13,17H2,1-4H3. The summed E-state index contributed by atoms with van der Waals surface area (Å²) in [5.41, 5.74) is 5.98. The van der Waals surface area contributed by atoms with Gasteiger partial charge in [0.05, 0.1) is 17.2 Å². The summed E-state index contributed by atoms with van der Waals surface area (Å²) in [5.74, 6) is 0. The monoisotopic (exact) mass is 388 g/mol. The Balaban J connectivity index is 1.81. The number of fused-ring (bicyclic) bond motifs is 3. The molecule has 0 N–H and O–H groups in total. The van der Waals surface area contributed by atoms with E-state index in [2.05, 4.69) is 84.6 Å². The van der Waals surface area contributed by atoms with Crippen molar-refractivity contribution in [2.24, 2.45) is 0 Å². The second kappa shape index (κ2) is 7.53. The zero-order chi connectivity index (χ0) is 19.7. The number of hydrogen-bond acceptors (Lipinski definition) is 2. The fourth-order valence-corrected chi connectivity index (χ4v) is 4.45. The van der Waals surface area contributed by atoms with E-state index >= 15 is 0 Å². The van der Waals surface area contributed by atoms with Crippen molar-refractivity contribution in [3.05, 3.63) is 66.5 Å². The molecule has 2 heterocycles. The van der Waals surface area contributed by atoms with Crippen LogP contribution in [-0.4, -0.2) is 24.2 Å². The van der Waals surface area contributed by atoms with E-state index in [4.69, 9.17) is 4.74 Å². The molecule has 4 heteroatoms. The molecule has 0 fully saturated rings. The van der Waals surface area contributed by atoms with Crippen molar-refractivity contribution in [1.82, 2.24) is 9.55 Å². The lowest BCUT2D eigenvalue weighted by Crippen LogP contribution is -2.22. The van der Waals surface area contributed by atoms with Crippen LogP contribution in [0, 0.1) is 6.92 Å². The highest BCUT2D eigenvalue weighted by Crippen LogP contribution is 2.36. The SMILES string of the molecule is Cc1cccc(-c2cncc3c2c2ccccc2n3COCC[Si](C)(C)C)c1. The van der Waals surface area contributed by atoms with Gasteiger partial charge in [-0.2, -0.15) is 0 Å². The van der Waals surface area contributed by atoms with Gasteiger partial charge >= 0.3 is 0 Å². The highest BCUT2D eigenvalue weighted by atomic mass is 28.3. The van der Waals surface area contributed by atoms with Gasteiger partial charge < -0.3 is 9.30 Å². The van der Waals surface area contributed by atoms with E-state index in [0.29, 0.717) is 6.73 Å². The Bertz CT molecular complexity index is 1120. The number of pyridine rings is 1. The lowest BCUT2D eigenvalue weighted by molar-refractivity contribution is 0.0929. The van der Waals surface area contributed by atoms with Gasteiger partial charge in [-0.25, -0.2) is 0 Å². The summed E-state index contributed by atoms with van der Waals surface area (Å²) in [6.07, 6.45) is 3.95. The first-order chi connectivity index (χ1) is 13.4. The maximum atomic E-state index is 6.10. The smallest absolute Gasteiger partial charge is 0.123 e. The maximum absolute atomic E-state index is 6.10. The van der Waals surface area contributed by atoms with Gasteiger partial charge in [0.15, 0.2) is 0 Å². The van der Waals surface area contributed by atoms with Crippen molar-refractivity contribution < 1.29 is 4.74 Å². The van der Waals surface area contributed by atoms with Crippen molar-refractivity contribution in [1.29, 1.82) is 0 Å². The van der Waals surface area contributed by atoms with Gasteiger partial charge in [-0.3, -0.25) is 4.98 Å². The van der Waals surface area contributed by atoms with E-state index in [-0.39, 0.29) is 0 Å². The summed E-state index contributed by atoms with van der Waals surface area (Å²) in [7, 11) is -1.09. The Labute approximate surface area is 168 Å².